The van der Waals surface area contributed by atoms with Crippen LogP contribution in [0.5, 0.6) is 0 Å². The normalized spacial score (nSPS) is 13.6. The molecule has 0 aliphatic carbocycles. The lowest BCUT2D eigenvalue weighted by molar-refractivity contribution is 0.469. The molecule has 21 heavy (non-hydrogen) atoms. The molecule has 0 aliphatic heterocycles. The Hall–Kier alpha value is -0.920. The highest BCUT2D eigenvalue weighted by Gasteiger charge is 2.22. The van der Waals surface area contributed by atoms with Gasteiger partial charge in [-0.3, -0.25) is 0 Å². The molecule has 2 aromatic rings. The maximum absolute atomic E-state index is 12.6. The fourth-order valence-electron chi connectivity index (χ4n) is 1.88. The molecule has 0 radical (unpaired) electrons. The first-order chi connectivity index (χ1) is 9.80. The van der Waals surface area contributed by atoms with E-state index in [9.17, 15) is 8.42 Å². The maximum Gasteiger partial charge on any atom is 0.243 e. The smallest absolute Gasteiger partial charge is 0.243 e. The van der Waals surface area contributed by atoms with Crippen LogP contribution in [0.1, 0.15) is 23.4 Å². The Morgan fingerprint density at radius 2 is 2.05 bits per heavy atom. The molecule has 4 nitrogen and oxygen atoms in total. The van der Waals surface area contributed by atoms with Gasteiger partial charge in [0.1, 0.15) is 0 Å². The van der Waals surface area contributed by atoms with Crippen LogP contribution in [-0.2, 0) is 16.6 Å². The number of hydrogen-bond donors (Lipinski definition) is 1. The Balaban J connectivity index is 2.26. The lowest BCUT2D eigenvalue weighted by Crippen LogP contribution is -2.26. The zero-order valence-electron chi connectivity index (χ0n) is 11.8. The minimum atomic E-state index is -3.54. The summed E-state index contributed by atoms with van der Waals surface area (Å²) < 4.78 is 27.1. The molecule has 0 saturated carbocycles. The Morgan fingerprint density at radius 3 is 2.62 bits per heavy atom. The van der Waals surface area contributed by atoms with Crippen LogP contribution in [0.2, 0.25) is 4.34 Å². The van der Waals surface area contributed by atoms with Crippen molar-refractivity contribution in [3.8, 4) is 0 Å². The van der Waals surface area contributed by atoms with Crippen LogP contribution in [0.3, 0.4) is 0 Å². The van der Waals surface area contributed by atoms with Gasteiger partial charge in [-0.05, 0) is 36.8 Å². The van der Waals surface area contributed by atoms with Crippen LogP contribution >= 0.6 is 22.9 Å². The minimum absolute atomic E-state index is 0.207. The summed E-state index contributed by atoms with van der Waals surface area (Å²) in [5, 5.41) is 0. The molecular formula is C14H17ClN2O2S2. The fourth-order valence-corrected chi connectivity index (χ4v) is 4.31. The second kappa shape index (κ2) is 6.46. The Kier molecular flexibility index (Phi) is 5.06. The number of thiophene rings is 1. The first-order valence-corrected chi connectivity index (χ1v) is 9.00. The Labute approximate surface area is 134 Å². The largest absolute Gasteiger partial charge is 0.324 e. The third-order valence-corrected chi connectivity index (χ3v) is 6.11. The molecule has 0 fully saturated rings. The third kappa shape index (κ3) is 3.84. The van der Waals surface area contributed by atoms with Crippen molar-refractivity contribution in [1.29, 1.82) is 0 Å². The van der Waals surface area contributed by atoms with E-state index in [0.717, 1.165) is 10.4 Å². The molecule has 114 valence electrons. The van der Waals surface area contributed by atoms with E-state index in [-0.39, 0.29) is 10.9 Å². The van der Waals surface area contributed by atoms with E-state index >= 15 is 0 Å². The van der Waals surface area contributed by atoms with Gasteiger partial charge in [0.05, 0.1) is 9.23 Å². The van der Waals surface area contributed by atoms with E-state index < -0.39 is 10.0 Å². The van der Waals surface area contributed by atoms with Crippen molar-refractivity contribution in [3.63, 3.8) is 0 Å². The standard InChI is InChI=1S/C14H17ClN2O2S2/c1-10(16)11-4-3-5-13(8-11)21(18,19)17(2)9-12-6-7-14(15)20-12/h3-8,10H,9,16H2,1-2H3. The van der Waals surface area contributed by atoms with Gasteiger partial charge in [-0.2, -0.15) is 4.31 Å². The van der Waals surface area contributed by atoms with E-state index in [1.54, 1.807) is 31.3 Å². The lowest BCUT2D eigenvalue weighted by atomic mass is 10.1. The molecule has 7 heteroatoms. The zero-order valence-corrected chi connectivity index (χ0v) is 14.2. The number of hydrogen-bond acceptors (Lipinski definition) is 4. The van der Waals surface area contributed by atoms with Gasteiger partial charge in [0, 0.05) is 24.5 Å². The predicted molar refractivity (Wildman–Crippen MR) is 87.0 cm³/mol. The highest BCUT2D eigenvalue weighted by molar-refractivity contribution is 7.89. The Morgan fingerprint density at radius 1 is 1.33 bits per heavy atom. The summed E-state index contributed by atoms with van der Waals surface area (Å²) in [4.78, 5) is 1.15. The summed E-state index contributed by atoms with van der Waals surface area (Å²) in [6.45, 7) is 2.12. The molecule has 1 aromatic heterocycles. The molecule has 2 rings (SSSR count). The van der Waals surface area contributed by atoms with Gasteiger partial charge in [0.15, 0.2) is 0 Å². The monoisotopic (exact) mass is 344 g/mol. The van der Waals surface area contributed by atoms with E-state index in [2.05, 4.69) is 0 Å². The van der Waals surface area contributed by atoms with Crippen molar-refractivity contribution in [3.05, 3.63) is 51.2 Å². The van der Waals surface area contributed by atoms with E-state index in [4.69, 9.17) is 17.3 Å². The average Bonchev–Trinajstić information content (AvgIpc) is 2.84. The van der Waals surface area contributed by atoms with Crippen molar-refractivity contribution >= 4 is 33.0 Å². The first kappa shape index (κ1) is 16.5. The number of halogens is 1. The molecule has 1 aromatic carbocycles. The zero-order chi connectivity index (χ0) is 15.6. The average molecular weight is 345 g/mol. The van der Waals surface area contributed by atoms with Gasteiger partial charge < -0.3 is 5.73 Å². The summed E-state index contributed by atoms with van der Waals surface area (Å²) in [7, 11) is -1.99. The molecule has 0 saturated heterocycles. The molecule has 0 spiro atoms. The van der Waals surface area contributed by atoms with Crippen molar-refractivity contribution in [2.45, 2.75) is 24.4 Å². The van der Waals surface area contributed by atoms with Crippen LogP contribution in [0.4, 0.5) is 0 Å². The van der Waals surface area contributed by atoms with Crippen molar-refractivity contribution in [2.75, 3.05) is 7.05 Å². The van der Waals surface area contributed by atoms with Crippen molar-refractivity contribution in [1.82, 2.24) is 4.31 Å². The molecule has 0 amide bonds. The molecule has 1 atom stereocenters. The second-order valence-electron chi connectivity index (χ2n) is 4.83. The van der Waals surface area contributed by atoms with Gasteiger partial charge in [-0.15, -0.1) is 11.3 Å². The molecule has 0 aliphatic rings. The van der Waals surface area contributed by atoms with Gasteiger partial charge in [-0.25, -0.2) is 8.42 Å². The summed E-state index contributed by atoms with van der Waals surface area (Å²) in [6.07, 6.45) is 0. The summed E-state index contributed by atoms with van der Waals surface area (Å²) >= 11 is 7.24. The number of benzene rings is 1. The second-order valence-corrected chi connectivity index (χ2v) is 8.67. The lowest BCUT2D eigenvalue weighted by Gasteiger charge is -2.17. The quantitative estimate of drug-likeness (QED) is 0.905. The van der Waals surface area contributed by atoms with Crippen molar-refractivity contribution in [2.24, 2.45) is 5.73 Å². The van der Waals surface area contributed by atoms with Crippen LogP contribution in [0, 0.1) is 0 Å². The van der Waals surface area contributed by atoms with Crippen molar-refractivity contribution < 1.29 is 8.42 Å². The molecule has 0 bridgehead atoms. The molecule has 2 N–H and O–H groups in total. The first-order valence-electron chi connectivity index (χ1n) is 6.37. The predicted octanol–water partition coefficient (Wildman–Crippen LogP) is 3.24. The van der Waals surface area contributed by atoms with Gasteiger partial charge >= 0.3 is 0 Å². The number of nitrogens with two attached hydrogens (primary N) is 1. The van der Waals surface area contributed by atoms with Crippen LogP contribution in [0.15, 0.2) is 41.3 Å². The maximum atomic E-state index is 12.6. The van der Waals surface area contributed by atoms with E-state index in [0.29, 0.717) is 10.9 Å². The number of rotatable bonds is 5. The van der Waals surface area contributed by atoms with Gasteiger partial charge in [0.2, 0.25) is 10.0 Å². The Bertz CT molecular complexity index is 726. The molecule has 1 heterocycles. The number of sulfonamides is 1. The highest BCUT2D eigenvalue weighted by atomic mass is 35.5. The number of nitrogens with zero attached hydrogens (tertiary/aromatic N) is 1. The SMILES string of the molecule is CC(N)c1cccc(S(=O)(=O)N(C)Cc2ccc(Cl)s2)c1. The third-order valence-electron chi connectivity index (χ3n) is 3.10. The minimum Gasteiger partial charge on any atom is -0.324 e. The van der Waals surface area contributed by atoms with E-state index in [1.165, 1.54) is 15.6 Å². The molecule has 1 unspecified atom stereocenters. The van der Waals surface area contributed by atoms with Crippen LogP contribution in [-0.4, -0.2) is 19.8 Å². The molecular weight excluding hydrogens is 328 g/mol. The van der Waals surface area contributed by atoms with Crippen LogP contribution in [0.25, 0.3) is 0 Å². The van der Waals surface area contributed by atoms with Gasteiger partial charge in [0.25, 0.3) is 0 Å². The van der Waals surface area contributed by atoms with Crippen LogP contribution < -0.4 is 5.73 Å². The highest BCUT2D eigenvalue weighted by Crippen LogP contribution is 2.25. The summed E-state index contributed by atoms with van der Waals surface area (Å²) in [6, 6.07) is 10.1. The summed E-state index contributed by atoms with van der Waals surface area (Å²) in [5.41, 5.74) is 6.60. The topological polar surface area (TPSA) is 63.4 Å². The van der Waals surface area contributed by atoms with Gasteiger partial charge in [-0.1, -0.05) is 23.7 Å². The van der Waals surface area contributed by atoms with E-state index in [1.807, 2.05) is 19.1 Å². The summed E-state index contributed by atoms with van der Waals surface area (Å²) in [5.74, 6) is 0. The fraction of sp³-hybridized carbons (Fsp3) is 0.286.